The number of nitrogens with zero attached hydrogens (tertiary/aromatic N) is 5. The van der Waals surface area contributed by atoms with Crippen molar-refractivity contribution in [1.29, 1.82) is 0 Å². The van der Waals surface area contributed by atoms with Crippen molar-refractivity contribution < 1.29 is 4.79 Å². The molecule has 0 aromatic heterocycles. The molecule has 0 aliphatic carbocycles. The van der Waals surface area contributed by atoms with Crippen LogP contribution in [0.2, 0.25) is 0 Å². The lowest BCUT2D eigenvalue weighted by Crippen LogP contribution is -2.53. The number of unbranched alkanes of at least 4 members (excludes halogenated alkanes) is 1. The van der Waals surface area contributed by atoms with E-state index in [1.807, 2.05) is 4.90 Å². The van der Waals surface area contributed by atoms with Gasteiger partial charge in [0.2, 0.25) is 5.91 Å². The maximum Gasteiger partial charge on any atom is 0.219 e. The molecule has 26 heavy (non-hydrogen) atoms. The summed E-state index contributed by atoms with van der Waals surface area (Å²) in [6.45, 7) is 18.3. The zero-order valence-electron chi connectivity index (χ0n) is 17.0. The molecule has 1 N–H and O–H groups in total. The van der Waals surface area contributed by atoms with Gasteiger partial charge in [-0.1, -0.05) is 6.92 Å². The largest absolute Gasteiger partial charge is 0.357 e. The van der Waals surface area contributed by atoms with Gasteiger partial charge in [-0.3, -0.25) is 9.79 Å². The molecule has 2 saturated heterocycles. The van der Waals surface area contributed by atoms with E-state index in [0.717, 1.165) is 51.6 Å². The van der Waals surface area contributed by atoms with E-state index in [9.17, 15) is 4.79 Å². The number of carbonyl (C=O) groups excluding carboxylic acids is 1. The number of nitrogens with one attached hydrogen (secondary N) is 1. The molecule has 0 unspecified atom stereocenters. The quantitative estimate of drug-likeness (QED) is 0.405. The van der Waals surface area contributed by atoms with Crippen molar-refractivity contribution in [3.63, 3.8) is 0 Å². The van der Waals surface area contributed by atoms with Crippen LogP contribution in [0.15, 0.2) is 4.99 Å². The molecule has 2 heterocycles. The lowest BCUT2D eigenvalue weighted by molar-refractivity contribution is -0.130. The number of piperazine rings is 2. The number of rotatable bonds is 7. The monoisotopic (exact) mass is 366 g/mol. The van der Waals surface area contributed by atoms with Gasteiger partial charge in [0.15, 0.2) is 5.96 Å². The van der Waals surface area contributed by atoms with Crippen LogP contribution >= 0.6 is 0 Å². The summed E-state index contributed by atoms with van der Waals surface area (Å²) < 4.78 is 0. The van der Waals surface area contributed by atoms with Crippen molar-refractivity contribution in [3.05, 3.63) is 0 Å². The summed E-state index contributed by atoms with van der Waals surface area (Å²) in [5.41, 5.74) is 0. The van der Waals surface area contributed by atoms with Gasteiger partial charge in [-0.05, 0) is 32.9 Å². The molecule has 0 aromatic carbocycles. The first-order valence-corrected chi connectivity index (χ1v) is 10.4. The van der Waals surface area contributed by atoms with E-state index in [1.165, 1.54) is 45.7 Å². The lowest BCUT2D eigenvalue weighted by atomic mass is 10.2. The van der Waals surface area contributed by atoms with E-state index < -0.39 is 0 Å². The zero-order chi connectivity index (χ0) is 18.8. The molecule has 0 saturated carbocycles. The molecule has 7 nitrogen and oxygen atoms in total. The Balaban J connectivity index is 1.66. The van der Waals surface area contributed by atoms with Crippen molar-refractivity contribution >= 4 is 11.9 Å². The number of hydrogen-bond acceptors (Lipinski definition) is 4. The topological polar surface area (TPSA) is 54.4 Å². The Labute approximate surface area is 159 Å². The third-order valence-corrected chi connectivity index (χ3v) is 5.42. The minimum Gasteiger partial charge on any atom is -0.357 e. The summed E-state index contributed by atoms with van der Waals surface area (Å²) in [6.07, 6.45) is 2.35. The Morgan fingerprint density at radius 1 is 0.885 bits per heavy atom. The van der Waals surface area contributed by atoms with Gasteiger partial charge < -0.3 is 24.9 Å². The molecule has 2 aliphatic heterocycles. The molecule has 0 bridgehead atoms. The summed E-state index contributed by atoms with van der Waals surface area (Å²) in [7, 11) is 0. The summed E-state index contributed by atoms with van der Waals surface area (Å²) in [6, 6.07) is 0. The van der Waals surface area contributed by atoms with Gasteiger partial charge in [-0.25, -0.2) is 0 Å². The minimum absolute atomic E-state index is 0.173. The summed E-state index contributed by atoms with van der Waals surface area (Å²) in [5.74, 6) is 1.18. The maximum atomic E-state index is 11.5. The van der Waals surface area contributed by atoms with Gasteiger partial charge in [0.1, 0.15) is 0 Å². The highest BCUT2D eigenvalue weighted by Crippen LogP contribution is 2.05. The van der Waals surface area contributed by atoms with Crippen LogP contribution < -0.4 is 5.32 Å². The van der Waals surface area contributed by atoms with E-state index >= 15 is 0 Å². The van der Waals surface area contributed by atoms with Crippen LogP contribution in [0.3, 0.4) is 0 Å². The summed E-state index contributed by atoms with van der Waals surface area (Å²) in [5, 5.41) is 3.40. The van der Waals surface area contributed by atoms with E-state index in [0.29, 0.717) is 0 Å². The Morgan fingerprint density at radius 2 is 1.50 bits per heavy atom. The highest BCUT2D eigenvalue weighted by molar-refractivity contribution is 5.80. The van der Waals surface area contributed by atoms with Gasteiger partial charge in [0.25, 0.3) is 0 Å². The third-order valence-electron chi connectivity index (χ3n) is 5.42. The van der Waals surface area contributed by atoms with Crippen LogP contribution in [0.5, 0.6) is 0 Å². The van der Waals surface area contributed by atoms with Crippen LogP contribution in [0.25, 0.3) is 0 Å². The molecule has 0 aromatic rings. The van der Waals surface area contributed by atoms with Crippen molar-refractivity contribution in [1.82, 2.24) is 24.9 Å². The number of likely N-dealkylation sites (N-methyl/N-ethyl adjacent to an activating group) is 1. The number of carbonyl (C=O) groups is 1. The van der Waals surface area contributed by atoms with Crippen LogP contribution in [0.1, 0.15) is 33.6 Å². The van der Waals surface area contributed by atoms with Crippen LogP contribution in [0.4, 0.5) is 0 Å². The fourth-order valence-corrected chi connectivity index (χ4v) is 3.62. The summed E-state index contributed by atoms with van der Waals surface area (Å²) in [4.78, 5) is 25.6. The zero-order valence-corrected chi connectivity index (χ0v) is 17.0. The second-order valence-corrected chi connectivity index (χ2v) is 7.21. The number of hydrogen-bond donors (Lipinski definition) is 1. The lowest BCUT2D eigenvalue weighted by Gasteiger charge is -2.36. The maximum absolute atomic E-state index is 11.5. The molecule has 2 rings (SSSR count). The standard InChI is InChI=1S/C19H38N6O/c1-4-20-19(25-16-14-24(15-17-25)18(3)26)21-8-6-7-9-23-12-10-22(5-2)11-13-23/h4-17H2,1-3H3,(H,20,21). The van der Waals surface area contributed by atoms with Crippen molar-refractivity contribution in [2.75, 3.05) is 78.5 Å². The smallest absolute Gasteiger partial charge is 0.219 e. The minimum atomic E-state index is 0.173. The highest BCUT2D eigenvalue weighted by Gasteiger charge is 2.20. The van der Waals surface area contributed by atoms with Crippen molar-refractivity contribution in [2.24, 2.45) is 4.99 Å². The number of amides is 1. The molecule has 2 fully saturated rings. The Kier molecular flexibility index (Phi) is 9.18. The number of guanidine groups is 1. The first kappa shape index (κ1) is 21.0. The molecule has 150 valence electrons. The van der Waals surface area contributed by atoms with Crippen LogP contribution in [0, 0.1) is 0 Å². The predicted molar refractivity (Wildman–Crippen MR) is 108 cm³/mol. The fourth-order valence-electron chi connectivity index (χ4n) is 3.62. The summed E-state index contributed by atoms with van der Waals surface area (Å²) >= 11 is 0. The Hall–Kier alpha value is -1.34. The third kappa shape index (κ3) is 6.76. The highest BCUT2D eigenvalue weighted by atomic mass is 16.2. The van der Waals surface area contributed by atoms with Gasteiger partial charge in [0, 0.05) is 72.4 Å². The second-order valence-electron chi connectivity index (χ2n) is 7.21. The van der Waals surface area contributed by atoms with Gasteiger partial charge in [0.05, 0.1) is 0 Å². The van der Waals surface area contributed by atoms with Gasteiger partial charge >= 0.3 is 0 Å². The molecule has 7 heteroatoms. The second kappa shape index (κ2) is 11.4. The predicted octanol–water partition coefficient (Wildman–Crippen LogP) is 0.534. The van der Waals surface area contributed by atoms with E-state index in [2.05, 4.69) is 33.9 Å². The van der Waals surface area contributed by atoms with Crippen LogP contribution in [-0.2, 0) is 4.79 Å². The van der Waals surface area contributed by atoms with Gasteiger partial charge in [-0.2, -0.15) is 0 Å². The molecular formula is C19H38N6O. The molecule has 0 spiro atoms. The van der Waals surface area contributed by atoms with Crippen molar-refractivity contribution in [2.45, 2.75) is 33.6 Å². The molecule has 1 amide bonds. The molecule has 0 radical (unpaired) electrons. The average molecular weight is 367 g/mol. The Bertz CT molecular complexity index is 439. The normalized spacial score (nSPS) is 20.5. The SMILES string of the molecule is CCNC(=NCCCCN1CCN(CC)CC1)N1CCN(C(C)=O)CC1. The van der Waals surface area contributed by atoms with E-state index in [4.69, 9.17) is 4.99 Å². The van der Waals surface area contributed by atoms with Crippen LogP contribution in [-0.4, -0.2) is 110 Å². The molecular weight excluding hydrogens is 328 g/mol. The van der Waals surface area contributed by atoms with E-state index in [1.54, 1.807) is 6.92 Å². The van der Waals surface area contributed by atoms with E-state index in [-0.39, 0.29) is 5.91 Å². The van der Waals surface area contributed by atoms with Gasteiger partial charge in [-0.15, -0.1) is 0 Å². The Morgan fingerprint density at radius 3 is 2.08 bits per heavy atom. The first-order valence-electron chi connectivity index (χ1n) is 10.4. The van der Waals surface area contributed by atoms with Crippen molar-refractivity contribution in [3.8, 4) is 0 Å². The fraction of sp³-hybridized carbons (Fsp3) is 0.895. The average Bonchev–Trinajstić information content (AvgIpc) is 2.67. The molecule has 2 aliphatic rings. The molecule has 0 atom stereocenters. The first-order chi connectivity index (χ1) is 12.6. The number of aliphatic imine (C=N–C) groups is 1.